The van der Waals surface area contributed by atoms with Gasteiger partial charge in [0.1, 0.15) is 11.6 Å². The first kappa shape index (κ1) is 11.2. The van der Waals surface area contributed by atoms with Crippen molar-refractivity contribution in [2.45, 2.75) is 13.5 Å². The Balaban J connectivity index is 3.26. The van der Waals surface area contributed by atoms with E-state index in [1.165, 1.54) is 6.26 Å². The number of nitriles is 1. The molecule has 4 heteroatoms. The van der Waals surface area contributed by atoms with Crippen LogP contribution in [-0.4, -0.2) is 12.1 Å². The number of hydrogen-bond donors (Lipinski definition) is 0. The summed E-state index contributed by atoms with van der Waals surface area (Å²) in [6, 6.07) is 3.85. The molecule has 0 N–H and O–H groups in total. The molecule has 0 unspecified atom stereocenters. The minimum atomic E-state index is 0.277. The van der Waals surface area contributed by atoms with Gasteiger partial charge in [-0.1, -0.05) is 6.58 Å². The SMILES string of the molecule is C=COc1nc(C)cc(COC)c1C#N. The molecule has 1 heterocycles. The fourth-order valence-corrected chi connectivity index (χ4v) is 1.26. The second kappa shape index (κ2) is 5.13. The molecule has 0 aliphatic carbocycles. The van der Waals surface area contributed by atoms with Crippen LogP contribution in [0.25, 0.3) is 0 Å². The van der Waals surface area contributed by atoms with Gasteiger partial charge in [-0.25, -0.2) is 4.98 Å². The summed E-state index contributed by atoms with van der Waals surface area (Å²) in [6.07, 6.45) is 1.25. The molecule has 0 aliphatic rings. The lowest BCUT2D eigenvalue weighted by atomic mass is 10.1. The summed E-state index contributed by atoms with van der Waals surface area (Å²) in [5.41, 5.74) is 1.93. The number of aromatic nitrogens is 1. The lowest BCUT2D eigenvalue weighted by Gasteiger charge is -2.08. The summed E-state index contributed by atoms with van der Waals surface area (Å²) in [7, 11) is 1.57. The fourth-order valence-electron chi connectivity index (χ4n) is 1.26. The van der Waals surface area contributed by atoms with Crippen molar-refractivity contribution in [3.05, 3.63) is 35.7 Å². The molecule has 0 bridgehead atoms. The Morgan fingerprint density at radius 2 is 2.40 bits per heavy atom. The molecular formula is C11H12N2O2. The highest BCUT2D eigenvalue weighted by molar-refractivity contribution is 5.45. The van der Waals surface area contributed by atoms with Crippen LogP contribution in [0, 0.1) is 18.3 Å². The highest BCUT2D eigenvalue weighted by atomic mass is 16.5. The quantitative estimate of drug-likeness (QED) is 0.703. The van der Waals surface area contributed by atoms with E-state index in [9.17, 15) is 0 Å². The molecule has 0 amide bonds. The summed E-state index contributed by atoms with van der Waals surface area (Å²) in [5.74, 6) is 0.277. The van der Waals surface area contributed by atoms with Gasteiger partial charge < -0.3 is 9.47 Å². The Labute approximate surface area is 88.8 Å². The zero-order chi connectivity index (χ0) is 11.3. The molecule has 0 aliphatic heterocycles. The number of aryl methyl sites for hydroxylation is 1. The van der Waals surface area contributed by atoms with E-state index in [2.05, 4.69) is 11.6 Å². The molecule has 0 aromatic carbocycles. The van der Waals surface area contributed by atoms with Gasteiger partial charge in [-0.15, -0.1) is 0 Å². The summed E-state index contributed by atoms with van der Waals surface area (Å²) in [5, 5.41) is 8.98. The summed E-state index contributed by atoms with van der Waals surface area (Å²) >= 11 is 0. The van der Waals surface area contributed by atoms with Crippen LogP contribution in [0.15, 0.2) is 18.9 Å². The minimum Gasteiger partial charge on any atom is -0.446 e. The highest BCUT2D eigenvalue weighted by Gasteiger charge is 2.11. The third kappa shape index (κ3) is 2.55. The van der Waals surface area contributed by atoms with Crippen LogP contribution in [0.4, 0.5) is 0 Å². The van der Waals surface area contributed by atoms with Gasteiger partial charge in [0.2, 0.25) is 5.88 Å². The second-order valence-electron chi connectivity index (χ2n) is 2.93. The van der Waals surface area contributed by atoms with Gasteiger partial charge in [0.15, 0.2) is 0 Å². The van der Waals surface area contributed by atoms with Crippen molar-refractivity contribution >= 4 is 0 Å². The van der Waals surface area contributed by atoms with Crippen LogP contribution < -0.4 is 4.74 Å². The standard InChI is InChI=1S/C11H12N2O2/c1-4-15-11-10(6-12)9(7-14-3)5-8(2)13-11/h4-5H,1,7H2,2-3H3. The van der Waals surface area contributed by atoms with Crippen molar-refractivity contribution in [2.75, 3.05) is 7.11 Å². The van der Waals surface area contributed by atoms with E-state index in [4.69, 9.17) is 14.7 Å². The van der Waals surface area contributed by atoms with E-state index < -0.39 is 0 Å². The molecule has 1 aromatic heterocycles. The van der Waals surface area contributed by atoms with Crippen molar-refractivity contribution in [3.63, 3.8) is 0 Å². The predicted molar refractivity (Wildman–Crippen MR) is 55.2 cm³/mol. The van der Waals surface area contributed by atoms with Gasteiger partial charge in [0.05, 0.1) is 12.9 Å². The largest absolute Gasteiger partial charge is 0.446 e. The first-order valence-electron chi connectivity index (χ1n) is 4.40. The lowest BCUT2D eigenvalue weighted by molar-refractivity contribution is 0.184. The first-order chi connectivity index (χ1) is 7.22. The van der Waals surface area contributed by atoms with E-state index in [1.807, 2.05) is 13.0 Å². The van der Waals surface area contributed by atoms with Gasteiger partial charge in [0, 0.05) is 18.4 Å². The normalized spacial score (nSPS) is 9.40. The predicted octanol–water partition coefficient (Wildman–Crippen LogP) is 1.93. The molecule has 4 nitrogen and oxygen atoms in total. The number of methoxy groups -OCH3 is 1. The van der Waals surface area contributed by atoms with Gasteiger partial charge >= 0.3 is 0 Å². The van der Waals surface area contributed by atoms with Crippen molar-refractivity contribution in [1.29, 1.82) is 5.26 Å². The van der Waals surface area contributed by atoms with Crippen molar-refractivity contribution in [3.8, 4) is 11.9 Å². The van der Waals surface area contributed by atoms with Crippen LogP contribution in [0.1, 0.15) is 16.8 Å². The molecule has 1 rings (SSSR count). The Morgan fingerprint density at radius 3 is 2.93 bits per heavy atom. The van der Waals surface area contributed by atoms with Crippen LogP contribution in [-0.2, 0) is 11.3 Å². The third-order valence-corrected chi connectivity index (χ3v) is 1.80. The minimum absolute atomic E-state index is 0.277. The van der Waals surface area contributed by atoms with Crippen molar-refractivity contribution in [2.24, 2.45) is 0 Å². The van der Waals surface area contributed by atoms with Crippen molar-refractivity contribution < 1.29 is 9.47 Å². The molecule has 0 fully saturated rings. The van der Waals surface area contributed by atoms with Crippen LogP contribution in [0.2, 0.25) is 0 Å². The molecular weight excluding hydrogens is 192 g/mol. The zero-order valence-electron chi connectivity index (χ0n) is 8.78. The maximum Gasteiger partial charge on any atom is 0.237 e. The Hall–Kier alpha value is -1.86. The fraction of sp³-hybridized carbons (Fsp3) is 0.273. The monoisotopic (exact) mass is 204 g/mol. The maximum atomic E-state index is 8.98. The zero-order valence-corrected chi connectivity index (χ0v) is 8.78. The third-order valence-electron chi connectivity index (χ3n) is 1.80. The Morgan fingerprint density at radius 1 is 1.67 bits per heavy atom. The topological polar surface area (TPSA) is 55.1 Å². The van der Waals surface area contributed by atoms with E-state index in [-0.39, 0.29) is 5.88 Å². The Kier molecular flexibility index (Phi) is 3.83. The molecule has 0 spiro atoms. The number of rotatable bonds is 4. The van der Waals surface area contributed by atoms with E-state index >= 15 is 0 Å². The van der Waals surface area contributed by atoms with Gasteiger partial charge in [0.25, 0.3) is 0 Å². The first-order valence-corrected chi connectivity index (χ1v) is 4.40. The lowest BCUT2D eigenvalue weighted by Crippen LogP contribution is -2.00. The summed E-state index contributed by atoms with van der Waals surface area (Å²) in [4.78, 5) is 4.11. The maximum absolute atomic E-state index is 8.98. The highest BCUT2D eigenvalue weighted by Crippen LogP contribution is 2.21. The number of pyridine rings is 1. The molecule has 0 saturated carbocycles. The molecule has 0 radical (unpaired) electrons. The number of hydrogen-bond acceptors (Lipinski definition) is 4. The summed E-state index contributed by atoms with van der Waals surface area (Å²) < 4.78 is 10.1. The average Bonchev–Trinajstić information content (AvgIpc) is 2.18. The molecule has 1 aromatic rings. The number of ether oxygens (including phenoxy) is 2. The van der Waals surface area contributed by atoms with E-state index in [0.717, 1.165) is 11.3 Å². The Bertz CT molecular complexity index is 408. The number of nitrogens with zero attached hydrogens (tertiary/aromatic N) is 2. The van der Waals surface area contributed by atoms with Gasteiger partial charge in [-0.3, -0.25) is 0 Å². The van der Waals surface area contributed by atoms with Crippen LogP contribution >= 0.6 is 0 Å². The van der Waals surface area contributed by atoms with E-state index in [0.29, 0.717) is 12.2 Å². The van der Waals surface area contributed by atoms with E-state index in [1.54, 1.807) is 13.2 Å². The van der Waals surface area contributed by atoms with Crippen LogP contribution in [0.5, 0.6) is 5.88 Å². The second-order valence-corrected chi connectivity index (χ2v) is 2.93. The molecule has 15 heavy (non-hydrogen) atoms. The van der Waals surface area contributed by atoms with Crippen LogP contribution in [0.3, 0.4) is 0 Å². The average molecular weight is 204 g/mol. The smallest absolute Gasteiger partial charge is 0.237 e. The van der Waals surface area contributed by atoms with Crippen molar-refractivity contribution in [1.82, 2.24) is 4.98 Å². The van der Waals surface area contributed by atoms with Gasteiger partial charge in [-0.05, 0) is 13.0 Å². The summed E-state index contributed by atoms with van der Waals surface area (Å²) in [6.45, 7) is 5.62. The van der Waals surface area contributed by atoms with Gasteiger partial charge in [-0.2, -0.15) is 5.26 Å². The molecule has 0 saturated heterocycles. The molecule has 78 valence electrons. The molecule has 0 atom stereocenters.